The van der Waals surface area contributed by atoms with Crippen molar-refractivity contribution in [3.8, 4) is 89.0 Å². The number of hydrogen-bond acceptors (Lipinski definition) is 12. The molecule has 8 aliphatic rings. The zero-order valence-corrected chi connectivity index (χ0v) is 75.1. The van der Waals surface area contributed by atoms with Gasteiger partial charge in [0.25, 0.3) is 0 Å². The maximum Gasteiger partial charge on any atom is 0.165 e. The summed E-state index contributed by atoms with van der Waals surface area (Å²) < 4.78 is 9.27. The smallest absolute Gasteiger partial charge is 0.165 e. The zero-order valence-electron chi connectivity index (χ0n) is 75.1. The Labute approximate surface area is 796 Å². The van der Waals surface area contributed by atoms with Gasteiger partial charge in [-0.05, 0) is 288 Å². The molecule has 0 spiro atoms. The molecule has 0 N–H and O–H groups in total. The standard InChI is InChI=1S/4C31H18N4/c1-2-5-19-17(4-1)14-18-7-8-20-21-9-10-26-30(25(21)15-24(20)28(18)19)35-27-16-32-13-11-22(27)29-23(31(35)34-26)6-3-12-33-29;1-2-5-19-17(4-1)14-18-7-8-20-21-9-10-26-30(25(21)15-24(20)28(18)19)35-27-16-32-13-11-22(27)23-6-3-12-33-29(23)31(35)34-26;1-2-4-19-17(3-1)13-18-5-6-20-21-7-8-27-30(25(21)14-24(20)29(18)19)35-28-16-33-11-9-22(28)26-15-32-12-10-23(26)31(35)34-27;1-2-4-19-17(3-1)13-18-5-6-20-21-7-8-27-30(25(21)14-24(20)29(18)19)35-28-16-33-12-10-23(28)22-9-11-32-15-26(22)31(35)34-27/h2*1-13,16H,14-15H2;2*1-12,15-16H,13-14H2. The molecule has 36 rings (SSSR count). The minimum absolute atomic E-state index is 0.899. The van der Waals surface area contributed by atoms with E-state index in [9.17, 15) is 0 Å². The fraction of sp³-hybridized carbons (Fsp3) is 0.0645. The highest BCUT2D eigenvalue weighted by molar-refractivity contribution is 6.19. The average molecular weight is 1790 g/mol. The van der Waals surface area contributed by atoms with Crippen LogP contribution in [0.3, 0.4) is 0 Å². The molecule has 140 heavy (non-hydrogen) atoms. The van der Waals surface area contributed by atoms with Crippen molar-refractivity contribution >= 4 is 154 Å². The maximum absolute atomic E-state index is 5.15. The summed E-state index contributed by atoms with van der Waals surface area (Å²) in [6.07, 6.45) is 34.4. The molecule has 0 unspecified atom stereocenters. The van der Waals surface area contributed by atoms with E-state index in [2.05, 4.69) is 290 Å². The Morgan fingerprint density at radius 1 is 0.171 bits per heavy atom. The van der Waals surface area contributed by atoms with Crippen LogP contribution in [-0.4, -0.2) is 77.4 Å². The van der Waals surface area contributed by atoms with Crippen molar-refractivity contribution in [2.45, 2.75) is 51.4 Å². The van der Waals surface area contributed by atoms with Gasteiger partial charge in [0.05, 0.1) is 96.5 Å². The van der Waals surface area contributed by atoms with Gasteiger partial charge in [-0.15, -0.1) is 0 Å². The van der Waals surface area contributed by atoms with E-state index in [1.54, 1.807) is 0 Å². The molecular formula is C124H72N16. The summed E-state index contributed by atoms with van der Waals surface area (Å²) >= 11 is 0. The molecule has 8 aliphatic carbocycles. The molecule has 0 aliphatic heterocycles. The Bertz CT molecular complexity index is 9460. The van der Waals surface area contributed by atoms with E-state index in [1.807, 2.05) is 98.9 Å². The molecule has 16 heteroatoms. The number of pyridine rings is 12. The van der Waals surface area contributed by atoms with Crippen LogP contribution in [0.15, 0.2) is 342 Å². The quantitative estimate of drug-likeness (QED) is 0.132. The summed E-state index contributed by atoms with van der Waals surface area (Å²) in [6.45, 7) is 0. The van der Waals surface area contributed by atoms with Gasteiger partial charge in [-0.25, -0.2) is 19.9 Å². The van der Waals surface area contributed by atoms with E-state index in [1.165, 1.54) is 205 Å². The van der Waals surface area contributed by atoms with Crippen LogP contribution in [0.5, 0.6) is 0 Å². The van der Waals surface area contributed by atoms with E-state index >= 15 is 0 Å². The van der Waals surface area contributed by atoms with Gasteiger partial charge in [0.15, 0.2) is 5.65 Å². The predicted molar refractivity (Wildman–Crippen MR) is 559 cm³/mol. The van der Waals surface area contributed by atoms with Crippen LogP contribution >= 0.6 is 0 Å². The van der Waals surface area contributed by atoms with Gasteiger partial charge < -0.3 is 0 Å². The van der Waals surface area contributed by atoms with E-state index in [-0.39, 0.29) is 0 Å². The van der Waals surface area contributed by atoms with Crippen molar-refractivity contribution in [2.75, 3.05) is 0 Å². The minimum atomic E-state index is 0.899. The molecule has 0 radical (unpaired) electrons. The molecule has 0 bridgehead atoms. The highest BCUT2D eigenvalue weighted by Crippen LogP contribution is 2.56. The summed E-state index contributed by atoms with van der Waals surface area (Å²) in [5, 5.41) is 11.2. The normalized spacial score (nSPS) is 13.5. The first kappa shape index (κ1) is 75.1. The first-order valence-electron chi connectivity index (χ1n) is 48.2. The van der Waals surface area contributed by atoms with Gasteiger partial charge >= 0.3 is 0 Å². The fourth-order valence-electron chi connectivity index (χ4n) is 26.3. The van der Waals surface area contributed by atoms with Gasteiger partial charge in [0, 0.05) is 136 Å². The third-order valence-electron chi connectivity index (χ3n) is 32.0. The monoisotopic (exact) mass is 1780 g/mol. The molecule has 12 aromatic carbocycles. The topological polar surface area (TPSA) is 172 Å². The molecule has 16 nitrogen and oxygen atoms in total. The molecule has 0 saturated carbocycles. The summed E-state index contributed by atoms with van der Waals surface area (Å²) in [6, 6.07) is 92.7. The van der Waals surface area contributed by atoms with Crippen LogP contribution < -0.4 is 0 Å². The predicted octanol–water partition coefficient (Wildman–Crippen LogP) is 26.9. The van der Waals surface area contributed by atoms with Crippen molar-refractivity contribution in [1.29, 1.82) is 0 Å². The number of imidazole rings is 4. The first-order valence-corrected chi connectivity index (χ1v) is 48.2. The van der Waals surface area contributed by atoms with Crippen LogP contribution in [0.2, 0.25) is 0 Å². The van der Waals surface area contributed by atoms with Gasteiger partial charge in [-0.2, -0.15) is 0 Å². The highest BCUT2D eigenvalue weighted by atomic mass is 15.1. The Kier molecular flexibility index (Phi) is 14.9. The molecule has 648 valence electrons. The second kappa shape index (κ2) is 27.7. The molecule has 0 amide bonds. The third kappa shape index (κ3) is 10.1. The van der Waals surface area contributed by atoms with Crippen molar-refractivity contribution in [3.63, 3.8) is 0 Å². The van der Waals surface area contributed by atoms with Gasteiger partial charge in [0.1, 0.15) is 22.5 Å². The van der Waals surface area contributed by atoms with Gasteiger partial charge in [0.2, 0.25) is 0 Å². The van der Waals surface area contributed by atoms with Crippen LogP contribution in [0.25, 0.3) is 243 Å². The lowest BCUT2D eigenvalue weighted by molar-refractivity contribution is 1.21. The van der Waals surface area contributed by atoms with E-state index in [0.717, 1.165) is 178 Å². The molecule has 28 aromatic rings. The molecule has 0 fully saturated rings. The number of rotatable bonds is 0. The number of aromatic nitrogens is 16. The average Bonchev–Trinajstić information content (AvgIpc) is 1.55. The third-order valence-corrected chi connectivity index (χ3v) is 32.0. The van der Waals surface area contributed by atoms with Crippen LogP contribution in [0.1, 0.15) is 89.0 Å². The second-order valence-corrected chi connectivity index (χ2v) is 38.7. The molecular weight excluding hydrogens is 1710 g/mol. The second-order valence-electron chi connectivity index (χ2n) is 38.7. The Morgan fingerprint density at radius 3 is 0.879 bits per heavy atom. The summed E-state index contributed by atoms with van der Waals surface area (Å²) in [5.41, 5.74) is 63.6. The summed E-state index contributed by atoms with van der Waals surface area (Å²) in [7, 11) is 0. The van der Waals surface area contributed by atoms with Crippen molar-refractivity contribution in [1.82, 2.24) is 77.4 Å². The van der Waals surface area contributed by atoms with Crippen LogP contribution in [0.4, 0.5) is 0 Å². The lowest BCUT2D eigenvalue weighted by Gasteiger charge is -2.09. The summed E-state index contributed by atoms with van der Waals surface area (Å²) in [4.78, 5) is 56.8. The van der Waals surface area contributed by atoms with Gasteiger partial charge in [-0.1, -0.05) is 176 Å². The molecule has 16 aromatic heterocycles. The first-order chi connectivity index (χ1) is 69.5. The number of hydrogen-bond donors (Lipinski definition) is 0. The SMILES string of the molecule is c1ccc2c(c1)Cc1ccc3c(c1-2)Cc1c-3ccc2nc3c4cccnc4c4ccncc4n3c12.c1ccc2c(c1)Cc1ccc3c(c1-2)Cc1c-3ccc2nc3c4ccncc4c4ccncc4n3c12.c1ccc2c(c1)Cc1ccc3c(c1-2)Cc1c-3ccc2nc3c4cnccc4c4ccncc4n3c12.c1ccc2c(c1)Cc1ccc3c(c1-2)Cc1c-3ccc2nc3c4ncccc4c4ccncc4n3c12. The van der Waals surface area contributed by atoms with Crippen molar-refractivity contribution in [3.05, 3.63) is 431 Å². The summed E-state index contributed by atoms with van der Waals surface area (Å²) in [5.74, 6) is 0. The maximum atomic E-state index is 5.15. The van der Waals surface area contributed by atoms with E-state index in [0.29, 0.717) is 0 Å². The lowest BCUT2D eigenvalue weighted by atomic mass is 9.95. The van der Waals surface area contributed by atoms with E-state index < -0.39 is 0 Å². The van der Waals surface area contributed by atoms with Crippen LogP contribution in [-0.2, 0) is 51.4 Å². The Morgan fingerprint density at radius 2 is 0.464 bits per heavy atom. The molecule has 16 heterocycles. The Balaban J connectivity index is 0.0000000829. The minimum Gasteiger partial charge on any atom is -0.290 e. The fourth-order valence-corrected chi connectivity index (χ4v) is 26.3. The highest BCUT2D eigenvalue weighted by Gasteiger charge is 2.38. The lowest BCUT2D eigenvalue weighted by Crippen LogP contribution is -1.95. The zero-order chi connectivity index (χ0) is 90.7. The number of fused-ring (bicyclic) bond motifs is 64. The van der Waals surface area contributed by atoms with Crippen LogP contribution in [0, 0.1) is 0 Å². The molecule has 0 saturated heterocycles. The van der Waals surface area contributed by atoms with E-state index in [4.69, 9.17) is 29.9 Å². The van der Waals surface area contributed by atoms with Crippen molar-refractivity contribution < 1.29 is 0 Å². The van der Waals surface area contributed by atoms with Gasteiger partial charge in [-0.3, -0.25) is 57.5 Å². The number of benzene rings is 12. The Hall–Kier alpha value is -18.3. The largest absolute Gasteiger partial charge is 0.290 e. The number of nitrogens with zero attached hydrogens (tertiary/aromatic N) is 16. The molecule has 0 atom stereocenters. The van der Waals surface area contributed by atoms with Crippen molar-refractivity contribution in [2.24, 2.45) is 0 Å².